The maximum Gasteiger partial charge on any atom is 0.341 e. The number of carboxylic acid groups (broad SMARTS) is 1. The van der Waals surface area contributed by atoms with Crippen LogP contribution in [0.5, 0.6) is 40.2 Å². The normalized spacial score (nSPS) is 10.6. The van der Waals surface area contributed by atoms with E-state index in [9.17, 15) is 38.7 Å². The molecule has 15 aromatic carbocycles. The monoisotopic (exact) mass is 1890 g/mol. The van der Waals surface area contributed by atoms with E-state index >= 15 is 0 Å². The predicted molar refractivity (Wildman–Crippen MR) is 541 cm³/mol. The molecule has 7 N–H and O–H groups in total. The fourth-order valence-electron chi connectivity index (χ4n) is 15.3. The number of aromatic nitrogens is 10. The molecule has 32 nitrogen and oxygen atoms in total. The van der Waals surface area contributed by atoms with Gasteiger partial charge in [-0.25, -0.2) is 34.5 Å². The Labute approximate surface area is 811 Å². The summed E-state index contributed by atoms with van der Waals surface area (Å²) in [6.45, 7) is 0. The van der Waals surface area contributed by atoms with Gasteiger partial charge in [0, 0.05) is 84.7 Å². The van der Waals surface area contributed by atoms with Gasteiger partial charge in [-0.2, -0.15) is 5.26 Å². The Balaban J connectivity index is 0.000000128. The number of nitrogens with one attached hydrogen (secondary N) is 5. The molecule has 0 bridgehead atoms. The third-order valence-corrected chi connectivity index (χ3v) is 22.4. The van der Waals surface area contributed by atoms with Crippen LogP contribution in [0.15, 0.2) is 365 Å². The van der Waals surface area contributed by atoms with Gasteiger partial charge in [-0.3, -0.25) is 46.8 Å². The molecule has 5 amide bonds. The number of hydrogen-bond donors (Lipinski definition) is 7. The molecule has 32 heteroatoms. The van der Waals surface area contributed by atoms with Crippen molar-refractivity contribution in [3.8, 4) is 74.8 Å². The van der Waals surface area contributed by atoms with Crippen LogP contribution in [0, 0.1) is 11.3 Å². The predicted octanol–water partition coefficient (Wildman–Crippen LogP) is 20.5. The Bertz CT molecular complexity index is 8180. The van der Waals surface area contributed by atoms with E-state index < -0.39 is 11.9 Å². The fraction of sp³-hybridized carbons (Fsp3) is 0.0636. The molecule has 0 saturated carbocycles. The summed E-state index contributed by atoms with van der Waals surface area (Å²) in [6.07, 6.45) is 8.79. The smallest absolute Gasteiger partial charge is 0.341 e. The molecule has 0 radical (unpaired) electrons. The van der Waals surface area contributed by atoms with Crippen molar-refractivity contribution in [1.29, 1.82) is 5.26 Å². The lowest BCUT2D eigenvalue weighted by atomic mass is 10.1. The Kier molecular flexibility index (Phi) is 29.5. The molecule has 0 aliphatic heterocycles. The Morgan fingerprint density at radius 3 is 0.831 bits per heavy atom. The number of esters is 1. The van der Waals surface area contributed by atoms with E-state index in [1.807, 2.05) is 259 Å². The Hall–Kier alpha value is -20.0. The lowest BCUT2D eigenvalue weighted by Crippen LogP contribution is -2.13. The average Bonchev–Trinajstić information content (AvgIpc) is 1.59. The molecular weight excluding hydrogens is 1800 g/mol. The van der Waals surface area contributed by atoms with Gasteiger partial charge < -0.3 is 70.0 Å². The van der Waals surface area contributed by atoms with Gasteiger partial charge in [-0.1, -0.05) is 91.0 Å². The summed E-state index contributed by atoms with van der Waals surface area (Å²) in [7, 11) is 10.1. The maximum absolute atomic E-state index is 12.7. The molecule has 0 spiro atoms. The lowest BCUT2D eigenvalue weighted by molar-refractivity contribution is 0.0595. The number of anilines is 5. The summed E-state index contributed by atoms with van der Waals surface area (Å²) in [5, 5.41) is 42.3. The van der Waals surface area contributed by atoms with Gasteiger partial charge in [0.15, 0.2) is 23.0 Å². The molecule has 0 fully saturated rings. The van der Waals surface area contributed by atoms with Crippen molar-refractivity contribution < 1.29 is 76.9 Å². The molecule has 20 aromatic rings. The first kappa shape index (κ1) is 95.2. The number of carbonyl (C=O) groups excluding carboxylic acids is 6. The number of amides is 5. The lowest BCUT2D eigenvalue weighted by Gasteiger charge is -2.11. The number of carboxylic acids is 1. The number of carbonyl (C=O) groups is 7. The number of para-hydroxylation sites is 10. The zero-order chi connectivity index (χ0) is 99.3. The van der Waals surface area contributed by atoms with Crippen molar-refractivity contribution in [2.24, 2.45) is 0 Å². The van der Waals surface area contributed by atoms with Crippen LogP contribution in [0.4, 0.5) is 28.4 Å². The Morgan fingerprint density at radius 1 is 0.275 bits per heavy atom. The van der Waals surface area contributed by atoms with Crippen LogP contribution >= 0.6 is 0 Å². The average molecular weight is 1890 g/mol. The number of imidazole rings is 5. The first-order valence-electron chi connectivity index (χ1n) is 43.8. The third kappa shape index (κ3) is 21.8. The van der Waals surface area contributed by atoms with Crippen molar-refractivity contribution in [3.63, 3.8) is 0 Å². The minimum Gasteiger partial charge on any atom is -0.504 e. The summed E-state index contributed by atoms with van der Waals surface area (Å²) in [5.41, 5.74) is 19.7. The number of ether oxygens (including phenoxy) is 7. The number of nitriles is 1. The Morgan fingerprint density at radius 2 is 0.535 bits per heavy atom. The highest BCUT2D eigenvalue weighted by Gasteiger charge is 2.22. The molecule has 0 saturated heterocycles. The molecule has 704 valence electrons. The molecule has 0 unspecified atom stereocenters. The van der Waals surface area contributed by atoms with Gasteiger partial charge in [-0.15, -0.1) is 0 Å². The molecule has 142 heavy (non-hydrogen) atoms. The van der Waals surface area contributed by atoms with E-state index in [2.05, 4.69) is 51.5 Å². The van der Waals surface area contributed by atoms with Crippen LogP contribution in [0.1, 0.15) is 78.1 Å². The standard InChI is InChI=1S/C23H19N3O4.C22H16N4O2.C22H17N3O4.C22H19N3O3.C21H17N3O3/c1-29-21-12-15(10-11-18(21)23(28)30-2)22(27)25-16-6-5-7-17(13-16)26-14-24-19-8-3-4-9-20(19)26;1-28-21-11-15(9-10-16(21)13-23)22(27)25-17-5-4-6-18(12-17)26-14-24-19-7-2-3-8-20(19)26;1-29-20-11-14(9-10-17(20)22(27)28)21(26)24-15-5-4-6-16(12-15)25-13-23-18-7-2-3-8-19(18)25;1-27-20-11-10-15(12-21(20)28-2)22(26)24-16-6-5-7-17(13-16)25-14-23-18-8-3-4-9-19(18)25;1-27-20-11-14(9-10-19(20)25)21(26)23-15-5-4-6-16(12-15)24-13-22-17-7-2-3-8-18(17)24/h3-14H,1-2H3,(H,25,27);2-12,14H,1H3,(H,25,27);2-13H,1H3,(H,24,26)(H,27,28);3-14H,1-2H3,(H,24,26);2-13,25H,1H3,(H,23,26). The zero-order valence-electron chi connectivity index (χ0n) is 77.2. The van der Waals surface area contributed by atoms with E-state index in [-0.39, 0.29) is 63.7 Å². The van der Waals surface area contributed by atoms with Gasteiger partial charge in [0.1, 0.15) is 66.1 Å². The molecule has 20 rings (SSSR count). The van der Waals surface area contributed by atoms with Crippen LogP contribution in [0.3, 0.4) is 0 Å². The van der Waals surface area contributed by atoms with Crippen LogP contribution in [-0.4, -0.2) is 149 Å². The number of methoxy groups -OCH3 is 7. The summed E-state index contributed by atoms with van der Waals surface area (Å²) in [5.74, 6) is -1.04. The number of hydrogen-bond acceptors (Lipinski definition) is 21. The molecular formula is C110H88N16O16. The minimum absolute atomic E-state index is 0.00182. The van der Waals surface area contributed by atoms with Crippen molar-refractivity contribution >= 4 is 125 Å². The van der Waals surface area contributed by atoms with E-state index in [1.54, 1.807) is 107 Å². The SMILES string of the molecule is COC(=O)c1ccc(C(=O)Nc2cccc(-n3cnc4ccccc43)c2)cc1OC.COc1cc(C(=O)Nc2cccc(-n3cnc4ccccc43)c2)ccc1C#N.COc1cc(C(=O)Nc2cccc(-n3cnc4ccccc43)c2)ccc1C(=O)O.COc1cc(C(=O)Nc2cccc(-n3cnc4ccccc43)c2)ccc1O.COc1ccc(C(=O)Nc2cccc(-n3cnc4ccccc43)c2)cc1OC. The highest BCUT2D eigenvalue weighted by Crippen LogP contribution is 2.34. The topological polar surface area (TPSA) is 398 Å². The summed E-state index contributed by atoms with van der Waals surface area (Å²) < 4.78 is 45.6. The maximum atomic E-state index is 12.7. The number of phenols is 1. The highest BCUT2D eigenvalue weighted by molar-refractivity contribution is 6.09. The quantitative estimate of drug-likeness (QED) is 0.0292. The second-order valence-electron chi connectivity index (χ2n) is 31.1. The second kappa shape index (κ2) is 44.0. The van der Waals surface area contributed by atoms with E-state index in [4.69, 9.17) is 43.5 Å². The van der Waals surface area contributed by atoms with E-state index in [0.717, 1.165) is 83.6 Å². The van der Waals surface area contributed by atoms with Gasteiger partial charge in [0.2, 0.25) is 0 Å². The first-order chi connectivity index (χ1) is 69.2. The van der Waals surface area contributed by atoms with Gasteiger partial charge in [0.25, 0.3) is 29.5 Å². The van der Waals surface area contributed by atoms with Crippen molar-refractivity contribution in [1.82, 2.24) is 47.8 Å². The molecule has 5 aromatic heterocycles. The van der Waals surface area contributed by atoms with Crippen molar-refractivity contribution in [2.45, 2.75) is 0 Å². The van der Waals surface area contributed by atoms with Gasteiger partial charge >= 0.3 is 11.9 Å². The number of aromatic carboxylic acids is 1. The van der Waals surface area contributed by atoms with Gasteiger partial charge in [-0.05, 0) is 243 Å². The molecule has 0 atom stereocenters. The van der Waals surface area contributed by atoms with Crippen molar-refractivity contribution in [2.75, 3.05) is 76.4 Å². The van der Waals surface area contributed by atoms with Crippen LogP contribution in [0.2, 0.25) is 0 Å². The van der Waals surface area contributed by atoms with Crippen LogP contribution in [-0.2, 0) is 4.74 Å². The summed E-state index contributed by atoms with van der Waals surface area (Å²) >= 11 is 0. The second-order valence-corrected chi connectivity index (χ2v) is 31.1. The number of phenolic OH excluding ortho intramolecular Hbond substituents is 1. The number of nitrogens with zero attached hydrogens (tertiary/aromatic N) is 11. The van der Waals surface area contributed by atoms with Crippen molar-refractivity contribution in [3.05, 3.63) is 410 Å². The molecule has 0 aliphatic rings. The minimum atomic E-state index is -1.12. The largest absolute Gasteiger partial charge is 0.504 e. The van der Waals surface area contributed by atoms with E-state index in [0.29, 0.717) is 79.1 Å². The molecule has 0 aliphatic carbocycles. The van der Waals surface area contributed by atoms with Crippen LogP contribution in [0.25, 0.3) is 83.6 Å². The zero-order valence-corrected chi connectivity index (χ0v) is 77.2. The fourth-order valence-corrected chi connectivity index (χ4v) is 15.3. The van der Waals surface area contributed by atoms with Crippen LogP contribution < -0.4 is 55.0 Å². The number of aromatic hydroxyl groups is 1. The number of benzene rings is 15. The highest BCUT2D eigenvalue weighted by atomic mass is 16.5. The summed E-state index contributed by atoms with van der Waals surface area (Å²) in [6, 6.07) is 102. The van der Waals surface area contributed by atoms with Gasteiger partial charge in [0.05, 0.1) is 110 Å². The first-order valence-corrected chi connectivity index (χ1v) is 43.8. The van der Waals surface area contributed by atoms with E-state index in [1.165, 1.54) is 78.0 Å². The third-order valence-electron chi connectivity index (χ3n) is 22.4. The summed E-state index contributed by atoms with van der Waals surface area (Å²) in [4.78, 5) is 108. The number of fused-ring (bicyclic) bond motifs is 5. The number of rotatable bonds is 23. The molecule has 5 heterocycles.